The molecule has 1 aromatic heterocycles. The summed E-state index contributed by atoms with van der Waals surface area (Å²) in [6, 6.07) is 13.5. The molecule has 0 aliphatic rings. The van der Waals surface area contributed by atoms with Crippen molar-refractivity contribution in [1.82, 2.24) is 4.68 Å². The molecular formula is C27H37N2+. The molecule has 0 aliphatic carbocycles. The molecule has 0 N–H and O–H groups in total. The number of rotatable bonds is 4. The maximum absolute atomic E-state index is 2.31. The van der Waals surface area contributed by atoms with Crippen LogP contribution in [0.2, 0.25) is 0 Å². The highest BCUT2D eigenvalue weighted by molar-refractivity contribution is 5.71. The van der Waals surface area contributed by atoms with Gasteiger partial charge in [-0.2, -0.15) is 0 Å². The average Bonchev–Trinajstić information content (AvgIpc) is 3.01. The van der Waals surface area contributed by atoms with Crippen LogP contribution in [0, 0.1) is 6.92 Å². The lowest BCUT2D eigenvalue weighted by Crippen LogP contribution is -2.37. The van der Waals surface area contributed by atoms with Gasteiger partial charge < -0.3 is 0 Å². The fraction of sp³-hybridized carbons (Fsp3) is 0.444. The van der Waals surface area contributed by atoms with Crippen molar-refractivity contribution in [2.24, 2.45) is 7.05 Å². The third-order valence-electron chi connectivity index (χ3n) is 5.95. The summed E-state index contributed by atoms with van der Waals surface area (Å²) < 4.78 is 4.51. The summed E-state index contributed by atoms with van der Waals surface area (Å²) in [5.41, 5.74) is 9.67. The second kappa shape index (κ2) is 7.82. The molecule has 0 atom stereocenters. The molecule has 3 aromatic rings. The SMILES string of the molecule is Cc1c(-n2cc(-c3c(C(C)C)cccc3C(C)C)c[n+]2C)cccc1C(C)(C)C. The van der Waals surface area contributed by atoms with Crippen molar-refractivity contribution < 1.29 is 4.68 Å². The quantitative estimate of drug-likeness (QED) is 0.433. The molecule has 0 bridgehead atoms. The van der Waals surface area contributed by atoms with E-state index in [0.29, 0.717) is 11.8 Å². The van der Waals surface area contributed by atoms with Crippen LogP contribution in [0.3, 0.4) is 0 Å². The van der Waals surface area contributed by atoms with E-state index in [1.165, 1.54) is 39.1 Å². The molecule has 0 fully saturated rings. The minimum absolute atomic E-state index is 0.129. The number of benzene rings is 2. The van der Waals surface area contributed by atoms with Gasteiger partial charge in [0.15, 0.2) is 7.05 Å². The zero-order valence-corrected chi connectivity index (χ0v) is 19.7. The maximum atomic E-state index is 2.31. The van der Waals surface area contributed by atoms with Crippen LogP contribution in [-0.2, 0) is 12.5 Å². The molecule has 0 radical (unpaired) electrons. The third-order valence-corrected chi connectivity index (χ3v) is 5.95. The van der Waals surface area contributed by atoms with Crippen molar-refractivity contribution in [3.8, 4) is 16.8 Å². The van der Waals surface area contributed by atoms with E-state index in [9.17, 15) is 0 Å². The highest BCUT2D eigenvalue weighted by Gasteiger charge is 2.23. The van der Waals surface area contributed by atoms with Gasteiger partial charge in [0, 0.05) is 0 Å². The van der Waals surface area contributed by atoms with Gasteiger partial charge in [-0.15, -0.1) is 9.36 Å². The monoisotopic (exact) mass is 389 g/mol. The molecule has 2 heteroatoms. The lowest BCUT2D eigenvalue weighted by atomic mass is 9.83. The topological polar surface area (TPSA) is 8.81 Å². The summed E-state index contributed by atoms with van der Waals surface area (Å²) in [6.45, 7) is 18.3. The first-order chi connectivity index (χ1) is 13.5. The largest absolute Gasteiger partial charge is 0.203 e. The first-order valence-electron chi connectivity index (χ1n) is 10.8. The van der Waals surface area contributed by atoms with Crippen LogP contribution >= 0.6 is 0 Å². The lowest BCUT2D eigenvalue weighted by molar-refractivity contribution is -0.744. The Bertz CT molecular complexity index is 987. The first kappa shape index (κ1) is 21.4. The van der Waals surface area contributed by atoms with Crippen molar-refractivity contribution in [2.75, 3.05) is 0 Å². The molecule has 0 saturated heterocycles. The summed E-state index contributed by atoms with van der Waals surface area (Å²) in [5, 5.41) is 0. The Labute approximate surface area is 177 Å². The van der Waals surface area contributed by atoms with Gasteiger partial charge in [0.2, 0.25) is 6.20 Å². The Balaban J connectivity index is 2.23. The van der Waals surface area contributed by atoms with E-state index in [4.69, 9.17) is 0 Å². The van der Waals surface area contributed by atoms with Crippen molar-refractivity contribution in [2.45, 2.75) is 72.6 Å². The van der Waals surface area contributed by atoms with Crippen molar-refractivity contribution >= 4 is 0 Å². The van der Waals surface area contributed by atoms with Crippen LogP contribution < -0.4 is 4.68 Å². The van der Waals surface area contributed by atoms with E-state index in [1.54, 1.807) is 0 Å². The third kappa shape index (κ3) is 4.03. The van der Waals surface area contributed by atoms with Crippen molar-refractivity contribution in [3.63, 3.8) is 0 Å². The summed E-state index contributed by atoms with van der Waals surface area (Å²) in [4.78, 5) is 0. The zero-order chi connectivity index (χ0) is 21.5. The highest BCUT2D eigenvalue weighted by atomic mass is 15.4. The number of aromatic nitrogens is 2. The summed E-state index contributed by atoms with van der Waals surface area (Å²) >= 11 is 0. The predicted molar refractivity (Wildman–Crippen MR) is 124 cm³/mol. The Hall–Kier alpha value is -2.35. The fourth-order valence-electron chi connectivity index (χ4n) is 4.46. The number of hydrogen-bond donors (Lipinski definition) is 0. The molecule has 0 saturated carbocycles. The van der Waals surface area contributed by atoms with Gasteiger partial charge in [-0.3, -0.25) is 0 Å². The Morgan fingerprint density at radius 3 is 1.93 bits per heavy atom. The Kier molecular flexibility index (Phi) is 5.76. The first-order valence-corrected chi connectivity index (χ1v) is 10.8. The van der Waals surface area contributed by atoms with E-state index in [1.807, 2.05) is 0 Å². The molecule has 3 rings (SSSR count). The smallest absolute Gasteiger partial charge is 0.128 e. The van der Waals surface area contributed by atoms with E-state index in [2.05, 4.69) is 121 Å². The van der Waals surface area contributed by atoms with Crippen LogP contribution in [0.1, 0.15) is 82.6 Å². The Morgan fingerprint density at radius 1 is 0.862 bits per heavy atom. The van der Waals surface area contributed by atoms with Crippen molar-refractivity contribution in [3.05, 3.63) is 71.0 Å². The normalized spacial score (nSPS) is 12.2. The standard InChI is InChI=1S/C27H37N2/c1-18(2)22-12-10-13-23(19(3)4)26(22)21-16-28(9)29(17-21)25-15-11-14-24(20(25)5)27(6,7)8/h10-19H,1-9H3/q+1. The van der Waals surface area contributed by atoms with Gasteiger partial charge in [0.25, 0.3) is 0 Å². The molecule has 0 aliphatic heterocycles. The molecule has 2 nitrogen and oxygen atoms in total. The van der Waals surface area contributed by atoms with Gasteiger partial charge in [0.1, 0.15) is 5.69 Å². The molecule has 1 heterocycles. The lowest BCUT2D eigenvalue weighted by Gasteiger charge is -2.22. The van der Waals surface area contributed by atoms with E-state index < -0.39 is 0 Å². The van der Waals surface area contributed by atoms with Crippen LogP contribution in [-0.4, -0.2) is 4.68 Å². The molecule has 154 valence electrons. The predicted octanol–water partition coefficient (Wildman–Crippen LogP) is 6.82. The second-order valence-electron chi connectivity index (χ2n) is 9.95. The van der Waals surface area contributed by atoms with Crippen LogP contribution in [0.25, 0.3) is 16.8 Å². The van der Waals surface area contributed by atoms with Crippen molar-refractivity contribution in [1.29, 1.82) is 0 Å². The van der Waals surface area contributed by atoms with Crippen LogP contribution in [0.4, 0.5) is 0 Å². The van der Waals surface area contributed by atoms with E-state index in [-0.39, 0.29) is 5.41 Å². The molecule has 0 spiro atoms. The molecular weight excluding hydrogens is 352 g/mol. The van der Waals surface area contributed by atoms with Gasteiger partial charge in [-0.05, 0) is 58.1 Å². The minimum Gasteiger partial charge on any atom is -0.128 e. The Morgan fingerprint density at radius 2 is 1.41 bits per heavy atom. The zero-order valence-electron chi connectivity index (χ0n) is 19.7. The van der Waals surface area contributed by atoms with Gasteiger partial charge in [-0.1, -0.05) is 78.8 Å². The summed E-state index contributed by atoms with van der Waals surface area (Å²) in [6.07, 6.45) is 4.58. The second-order valence-corrected chi connectivity index (χ2v) is 9.95. The van der Waals surface area contributed by atoms with Gasteiger partial charge >= 0.3 is 0 Å². The van der Waals surface area contributed by atoms with Crippen LogP contribution in [0.5, 0.6) is 0 Å². The number of aryl methyl sites for hydroxylation is 1. The summed E-state index contributed by atoms with van der Waals surface area (Å²) in [5.74, 6) is 0.978. The van der Waals surface area contributed by atoms with Gasteiger partial charge in [0.05, 0.1) is 11.8 Å². The molecule has 0 unspecified atom stereocenters. The van der Waals surface area contributed by atoms with Crippen LogP contribution in [0.15, 0.2) is 48.8 Å². The number of nitrogens with zero attached hydrogens (tertiary/aromatic N) is 2. The van der Waals surface area contributed by atoms with Gasteiger partial charge in [-0.25, -0.2) is 0 Å². The van der Waals surface area contributed by atoms with E-state index in [0.717, 1.165) is 0 Å². The minimum atomic E-state index is 0.129. The molecule has 29 heavy (non-hydrogen) atoms. The fourth-order valence-corrected chi connectivity index (χ4v) is 4.46. The van der Waals surface area contributed by atoms with E-state index >= 15 is 0 Å². The number of hydrogen-bond acceptors (Lipinski definition) is 0. The summed E-state index contributed by atoms with van der Waals surface area (Å²) in [7, 11) is 2.14. The molecule has 2 aromatic carbocycles. The average molecular weight is 390 g/mol. The highest BCUT2D eigenvalue weighted by Crippen LogP contribution is 2.36. The molecule has 0 amide bonds. The maximum Gasteiger partial charge on any atom is 0.203 e.